The van der Waals surface area contributed by atoms with Crippen LogP contribution in [-0.4, -0.2) is 34.6 Å². The molecule has 0 atom stereocenters. The van der Waals surface area contributed by atoms with Gasteiger partial charge in [0.1, 0.15) is 17.0 Å². The highest BCUT2D eigenvalue weighted by molar-refractivity contribution is 7.98. The number of nitrogens with zero attached hydrogens (tertiary/aromatic N) is 2. The predicted octanol–water partition coefficient (Wildman–Crippen LogP) is 6.15. The van der Waals surface area contributed by atoms with Gasteiger partial charge in [-0.3, -0.25) is 0 Å². The quantitative estimate of drug-likeness (QED) is 0.559. The number of carbonyl (C=O) groups excluding carboxylic acids is 2. The van der Waals surface area contributed by atoms with Crippen LogP contribution >= 0.6 is 11.8 Å². The number of amides is 2. The third-order valence-electron chi connectivity index (χ3n) is 3.55. The molecule has 6 nitrogen and oxygen atoms in total. The molecule has 0 unspecified atom stereocenters. The molecule has 0 aliphatic rings. The summed E-state index contributed by atoms with van der Waals surface area (Å²) >= 11 is 1.64. The second kappa shape index (κ2) is 8.86. The molecule has 2 rings (SSSR count). The summed E-state index contributed by atoms with van der Waals surface area (Å²) in [5, 5.41) is 0. The number of benzene rings is 1. The molecule has 0 bridgehead atoms. The average molecular weight is 417 g/mol. The SMILES string of the molecule is CSc1ccccc1-c1ccc(N(C(=O)OC(C)(C)C)C(=O)OC(C)(C)C)nc1. The van der Waals surface area contributed by atoms with E-state index in [0.29, 0.717) is 0 Å². The molecule has 1 heterocycles. The molecule has 0 saturated heterocycles. The van der Waals surface area contributed by atoms with E-state index in [9.17, 15) is 9.59 Å². The molecule has 2 amide bonds. The Bertz CT molecular complexity index is 840. The van der Waals surface area contributed by atoms with Gasteiger partial charge in [0.25, 0.3) is 0 Å². The first kappa shape index (κ1) is 22.7. The molecule has 1 aromatic carbocycles. The minimum atomic E-state index is -0.837. The van der Waals surface area contributed by atoms with Crippen LogP contribution in [0.1, 0.15) is 41.5 Å². The fourth-order valence-corrected chi connectivity index (χ4v) is 3.06. The van der Waals surface area contributed by atoms with Crippen molar-refractivity contribution in [1.29, 1.82) is 0 Å². The highest BCUT2D eigenvalue weighted by Gasteiger charge is 2.33. The lowest BCUT2D eigenvalue weighted by Gasteiger charge is -2.28. The Kier molecular flexibility index (Phi) is 6.95. The topological polar surface area (TPSA) is 68.7 Å². The fraction of sp³-hybridized carbons (Fsp3) is 0.409. The van der Waals surface area contributed by atoms with Crippen molar-refractivity contribution in [3.8, 4) is 11.1 Å². The summed E-state index contributed by atoms with van der Waals surface area (Å²) in [4.78, 5) is 31.7. The largest absolute Gasteiger partial charge is 0.443 e. The Labute approximate surface area is 176 Å². The zero-order valence-electron chi connectivity index (χ0n) is 18.0. The molecular formula is C22H28N2O4S. The Morgan fingerprint density at radius 2 is 1.45 bits per heavy atom. The van der Waals surface area contributed by atoms with Crippen LogP contribution < -0.4 is 4.90 Å². The van der Waals surface area contributed by atoms with Gasteiger partial charge in [0, 0.05) is 16.7 Å². The van der Waals surface area contributed by atoms with Gasteiger partial charge in [-0.05, 0) is 71.6 Å². The van der Waals surface area contributed by atoms with Crippen LogP contribution in [0.15, 0.2) is 47.5 Å². The van der Waals surface area contributed by atoms with Crippen molar-refractivity contribution in [2.45, 2.75) is 57.6 Å². The fourth-order valence-electron chi connectivity index (χ4n) is 2.44. The van der Waals surface area contributed by atoms with E-state index in [1.807, 2.05) is 36.6 Å². The Hall–Kier alpha value is -2.54. The zero-order chi connectivity index (χ0) is 21.8. The van der Waals surface area contributed by atoms with Gasteiger partial charge in [0.05, 0.1) is 0 Å². The summed E-state index contributed by atoms with van der Waals surface area (Å²) in [5.74, 6) is 0.138. The van der Waals surface area contributed by atoms with E-state index in [0.717, 1.165) is 20.9 Å². The first-order valence-electron chi connectivity index (χ1n) is 9.27. The van der Waals surface area contributed by atoms with Crippen molar-refractivity contribution in [2.75, 3.05) is 11.2 Å². The molecule has 156 valence electrons. The van der Waals surface area contributed by atoms with Crippen LogP contribution in [0.2, 0.25) is 0 Å². The molecule has 0 radical (unpaired) electrons. The van der Waals surface area contributed by atoms with E-state index in [1.165, 1.54) is 0 Å². The van der Waals surface area contributed by atoms with Crippen LogP contribution in [-0.2, 0) is 9.47 Å². The van der Waals surface area contributed by atoms with Gasteiger partial charge in [-0.15, -0.1) is 11.8 Å². The van der Waals surface area contributed by atoms with Crippen molar-refractivity contribution in [1.82, 2.24) is 4.98 Å². The monoisotopic (exact) mass is 416 g/mol. The molecule has 0 spiro atoms. The molecule has 2 aromatic rings. The van der Waals surface area contributed by atoms with E-state index in [1.54, 1.807) is 65.6 Å². The molecule has 7 heteroatoms. The van der Waals surface area contributed by atoms with Gasteiger partial charge in [-0.2, -0.15) is 4.90 Å². The first-order chi connectivity index (χ1) is 13.4. The smallest absolute Gasteiger partial charge is 0.425 e. The van der Waals surface area contributed by atoms with Gasteiger partial charge in [-0.1, -0.05) is 18.2 Å². The highest BCUT2D eigenvalue weighted by Crippen LogP contribution is 2.30. The van der Waals surface area contributed by atoms with Crippen molar-refractivity contribution in [3.05, 3.63) is 42.6 Å². The van der Waals surface area contributed by atoms with Crippen LogP contribution in [0.25, 0.3) is 11.1 Å². The third-order valence-corrected chi connectivity index (χ3v) is 4.34. The number of imide groups is 1. The van der Waals surface area contributed by atoms with Crippen LogP contribution in [0.3, 0.4) is 0 Å². The summed E-state index contributed by atoms with van der Waals surface area (Å²) < 4.78 is 10.8. The van der Waals surface area contributed by atoms with E-state index < -0.39 is 23.4 Å². The first-order valence-corrected chi connectivity index (χ1v) is 10.5. The lowest BCUT2D eigenvalue weighted by molar-refractivity contribution is 0.0429. The maximum atomic E-state index is 12.7. The van der Waals surface area contributed by atoms with Crippen LogP contribution in [0, 0.1) is 0 Å². The Morgan fingerprint density at radius 3 is 1.90 bits per heavy atom. The van der Waals surface area contributed by atoms with E-state index in [4.69, 9.17) is 9.47 Å². The average Bonchev–Trinajstić information content (AvgIpc) is 2.59. The maximum absolute atomic E-state index is 12.7. The standard InChI is InChI=1S/C22H28N2O4S/c1-21(2,3)27-19(25)24(20(26)28-22(4,5)6)18-13-12-15(14-23-18)16-10-8-9-11-17(16)29-7/h8-14H,1-7H3. The highest BCUT2D eigenvalue weighted by atomic mass is 32.2. The van der Waals surface area contributed by atoms with Gasteiger partial charge in [0.15, 0.2) is 0 Å². The number of hydrogen-bond donors (Lipinski definition) is 0. The zero-order valence-corrected chi connectivity index (χ0v) is 18.8. The van der Waals surface area contributed by atoms with E-state index >= 15 is 0 Å². The van der Waals surface area contributed by atoms with Gasteiger partial charge >= 0.3 is 12.2 Å². The molecule has 0 saturated carbocycles. The lowest BCUT2D eigenvalue weighted by Crippen LogP contribution is -2.44. The normalized spacial score (nSPS) is 11.7. The van der Waals surface area contributed by atoms with Crippen molar-refractivity contribution in [2.24, 2.45) is 0 Å². The lowest BCUT2D eigenvalue weighted by atomic mass is 10.1. The van der Waals surface area contributed by atoms with Crippen LogP contribution in [0.5, 0.6) is 0 Å². The van der Waals surface area contributed by atoms with E-state index in [2.05, 4.69) is 4.98 Å². The number of rotatable bonds is 3. The number of hydrogen-bond acceptors (Lipinski definition) is 6. The van der Waals surface area contributed by atoms with Gasteiger partial charge < -0.3 is 9.47 Å². The van der Waals surface area contributed by atoms with Gasteiger partial charge in [-0.25, -0.2) is 14.6 Å². The summed E-state index contributed by atoms with van der Waals surface area (Å²) in [5.41, 5.74) is 0.371. The summed E-state index contributed by atoms with van der Waals surface area (Å²) in [6.45, 7) is 10.4. The van der Waals surface area contributed by atoms with Crippen molar-refractivity contribution >= 4 is 29.8 Å². The molecule has 0 N–H and O–H groups in total. The number of pyridine rings is 1. The number of carbonyl (C=O) groups is 2. The third kappa shape index (κ3) is 6.49. The van der Waals surface area contributed by atoms with Crippen molar-refractivity contribution < 1.29 is 19.1 Å². The molecule has 29 heavy (non-hydrogen) atoms. The second-order valence-corrected chi connectivity index (χ2v) is 9.25. The molecule has 0 aliphatic carbocycles. The minimum absolute atomic E-state index is 0.138. The summed E-state index contributed by atoms with van der Waals surface area (Å²) in [6, 6.07) is 11.4. The molecule has 1 aromatic heterocycles. The minimum Gasteiger partial charge on any atom is -0.443 e. The van der Waals surface area contributed by atoms with Gasteiger partial charge in [0.2, 0.25) is 0 Å². The number of aromatic nitrogens is 1. The summed E-state index contributed by atoms with van der Waals surface area (Å²) in [7, 11) is 0. The number of ether oxygens (including phenoxy) is 2. The molecular weight excluding hydrogens is 388 g/mol. The number of anilines is 1. The Balaban J connectivity index is 2.40. The molecule has 0 aliphatic heterocycles. The maximum Gasteiger partial charge on any atom is 0.425 e. The second-order valence-electron chi connectivity index (χ2n) is 8.40. The predicted molar refractivity (Wildman–Crippen MR) is 116 cm³/mol. The molecule has 0 fully saturated rings. The van der Waals surface area contributed by atoms with Crippen LogP contribution in [0.4, 0.5) is 15.4 Å². The van der Waals surface area contributed by atoms with E-state index in [-0.39, 0.29) is 5.82 Å². The Morgan fingerprint density at radius 1 is 0.897 bits per heavy atom. The number of thioether (sulfide) groups is 1. The van der Waals surface area contributed by atoms with Crippen molar-refractivity contribution in [3.63, 3.8) is 0 Å². The summed E-state index contributed by atoms with van der Waals surface area (Å²) in [6.07, 6.45) is 1.97.